The van der Waals surface area contributed by atoms with E-state index in [2.05, 4.69) is 24.1 Å². The summed E-state index contributed by atoms with van der Waals surface area (Å²) in [6.45, 7) is 8.28. The predicted octanol–water partition coefficient (Wildman–Crippen LogP) is 6.03. The highest BCUT2D eigenvalue weighted by Crippen LogP contribution is 2.44. The van der Waals surface area contributed by atoms with Crippen LogP contribution in [0.4, 0.5) is 5.82 Å². The summed E-state index contributed by atoms with van der Waals surface area (Å²) in [7, 11) is 0. The minimum absolute atomic E-state index is 0.221. The predicted molar refractivity (Wildman–Crippen MR) is 107 cm³/mol. The van der Waals surface area contributed by atoms with E-state index >= 15 is 0 Å². The average Bonchev–Trinajstić information content (AvgIpc) is 3.14. The van der Waals surface area contributed by atoms with Gasteiger partial charge in [-0.1, -0.05) is 70.5 Å². The van der Waals surface area contributed by atoms with Gasteiger partial charge >= 0.3 is 0 Å². The lowest BCUT2D eigenvalue weighted by Crippen LogP contribution is -2.28. The molecule has 3 nitrogen and oxygen atoms in total. The van der Waals surface area contributed by atoms with Crippen LogP contribution in [0.2, 0.25) is 0 Å². The van der Waals surface area contributed by atoms with Crippen LogP contribution in [0.25, 0.3) is 0 Å². The molecule has 1 aliphatic heterocycles. The van der Waals surface area contributed by atoms with Gasteiger partial charge < -0.3 is 5.32 Å². The third kappa shape index (κ3) is 4.57. The van der Waals surface area contributed by atoms with Crippen LogP contribution in [0.3, 0.4) is 0 Å². The molecule has 4 heteroatoms. The van der Waals surface area contributed by atoms with Crippen LogP contribution in [0, 0.1) is 5.92 Å². The number of nitrogens with zero attached hydrogens (tertiary/aromatic N) is 1. The maximum absolute atomic E-state index is 12.2. The summed E-state index contributed by atoms with van der Waals surface area (Å²) in [5, 5.41) is 3.36. The zero-order chi connectivity index (χ0) is 18.2. The molecule has 0 saturated carbocycles. The molecule has 2 aromatic rings. The molecule has 2 aliphatic rings. The number of nitrogens with one attached hydrogen (secondary N) is 1. The van der Waals surface area contributed by atoms with Crippen LogP contribution in [0.15, 0.2) is 53.2 Å². The molecular weight excluding hydrogens is 328 g/mol. The lowest BCUT2D eigenvalue weighted by Gasteiger charge is -2.32. The summed E-state index contributed by atoms with van der Waals surface area (Å²) in [5.74, 6) is 2.02. The van der Waals surface area contributed by atoms with Gasteiger partial charge in [0.25, 0.3) is 0 Å². The van der Waals surface area contributed by atoms with Crippen LogP contribution in [0.5, 0.6) is 0 Å². The van der Waals surface area contributed by atoms with Crippen LogP contribution < -0.4 is 5.32 Å². The number of benzene rings is 1. The first-order valence-electron chi connectivity index (χ1n) is 9.17. The van der Waals surface area contributed by atoms with Crippen molar-refractivity contribution in [3.63, 3.8) is 0 Å². The molecular formula is C21H28N2OS. The van der Waals surface area contributed by atoms with Crippen LogP contribution in [-0.2, 0) is 4.79 Å². The molecule has 134 valence electrons. The number of aromatic nitrogens is 1. The molecule has 0 spiro atoms. The largest absolute Gasteiger partial charge is 0.342 e. The zero-order valence-corrected chi connectivity index (χ0v) is 16.4. The van der Waals surface area contributed by atoms with Crippen molar-refractivity contribution in [2.45, 2.75) is 52.9 Å². The first kappa shape index (κ1) is 19.4. The fraction of sp³-hybridized carbons (Fsp3) is 0.429. The molecule has 1 aromatic heterocycles. The van der Waals surface area contributed by atoms with Crippen LogP contribution in [0.1, 0.15) is 57.8 Å². The van der Waals surface area contributed by atoms with Gasteiger partial charge in [-0.05, 0) is 12.3 Å². The van der Waals surface area contributed by atoms with Crippen molar-refractivity contribution >= 4 is 22.9 Å². The second kappa shape index (κ2) is 9.52. The summed E-state index contributed by atoms with van der Waals surface area (Å²) in [6.07, 6.45) is 2.79. The summed E-state index contributed by atoms with van der Waals surface area (Å²) < 4.78 is 0. The van der Waals surface area contributed by atoms with Gasteiger partial charge in [0.15, 0.2) is 5.78 Å². The van der Waals surface area contributed by atoms with Crippen molar-refractivity contribution in [3.05, 3.63) is 58.1 Å². The first-order chi connectivity index (χ1) is 12.2. The Labute approximate surface area is 155 Å². The summed E-state index contributed by atoms with van der Waals surface area (Å²) in [6, 6.07) is 12.0. The van der Waals surface area contributed by atoms with Crippen LogP contribution in [-0.4, -0.2) is 10.8 Å². The Hall–Kier alpha value is -1.94. The van der Waals surface area contributed by atoms with Gasteiger partial charge in [-0.2, -0.15) is 0 Å². The number of hydrogen-bond acceptors (Lipinski definition) is 4. The Morgan fingerprint density at radius 2 is 1.72 bits per heavy atom. The normalized spacial score (nSPS) is 20.9. The number of carbonyl (C=O) groups is 1. The summed E-state index contributed by atoms with van der Waals surface area (Å²) >= 11 is 1.64. The molecule has 1 aromatic carbocycles. The second-order valence-corrected chi connectivity index (χ2v) is 6.95. The molecule has 0 radical (unpaired) electrons. The molecule has 0 bridgehead atoms. The van der Waals surface area contributed by atoms with Crippen molar-refractivity contribution in [3.8, 4) is 0 Å². The van der Waals surface area contributed by atoms with Gasteiger partial charge in [0, 0.05) is 23.6 Å². The highest BCUT2D eigenvalue weighted by molar-refractivity contribution is 7.10. The van der Waals surface area contributed by atoms with Gasteiger partial charge in [-0.3, -0.25) is 4.79 Å². The number of rotatable bonds is 1. The highest BCUT2D eigenvalue weighted by atomic mass is 32.1. The monoisotopic (exact) mass is 356 g/mol. The number of allylic oxidation sites excluding steroid dienone is 2. The molecule has 0 fully saturated rings. The Balaban J connectivity index is 0.000000237. The number of ketones is 1. The molecule has 2 heterocycles. The molecule has 1 aliphatic carbocycles. The summed E-state index contributed by atoms with van der Waals surface area (Å²) in [5.41, 5.74) is 3.99. The number of thiazole rings is 1. The van der Waals surface area contributed by atoms with E-state index in [0.717, 1.165) is 36.4 Å². The van der Waals surface area contributed by atoms with Gasteiger partial charge in [0.1, 0.15) is 5.82 Å². The maximum Gasteiger partial charge on any atom is 0.161 e. The van der Waals surface area contributed by atoms with Crippen molar-refractivity contribution < 1.29 is 4.79 Å². The molecule has 0 amide bonds. The van der Waals surface area contributed by atoms with Crippen molar-refractivity contribution in [2.24, 2.45) is 5.92 Å². The number of Topliss-reactive ketones (excluding diaryl/α,β-unsaturated/α-hetero) is 1. The van der Waals surface area contributed by atoms with Gasteiger partial charge in [0.2, 0.25) is 0 Å². The van der Waals surface area contributed by atoms with E-state index in [0.29, 0.717) is 11.7 Å². The van der Waals surface area contributed by atoms with Gasteiger partial charge in [0.05, 0.1) is 10.4 Å². The fourth-order valence-electron chi connectivity index (χ4n) is 3.24. The SMILES string of the molecule is CC.CC[C@@H]1CC(=O)C2=C(C1)Nc1ncsc1C2C.c1ccccc1. The molecule has 4 rings (SSSR count). The van der Waals surface area contributed by atoms with E-state index in [9.17, 15) is 4.79 Å². The Bertz CT molecular complexity index is 679. The van der Waals surface area contributed by atoms with Gasteiger partial charge in [-0.15, -0.1) is 11.3 Å². The third-order valence-corrected chi connectivity index (χ3v) is 5.54. The van der Waals surface area contributed by atoms with E-state index < -0.39 is 0 Å². The lowest BCUT2D eigenvalue weighted by molar-refractivity contribution is -0.117. The van der Waals surface area contributed by atoms with Crippen molar-refractivity contribution in [1.29, 1.82) is 0 Å². The van der Waals surface area contributed by atoms with E-state index in [4.69, 9.17) is 0 Å². The van der Waals surface area contributed by atoms with Crippen LogP contribution >= 0.6 is 11.3 Å². The highest BCUT2D eigenvalue weighted by Gasteiger charge is 2.35. The minimum Gasteiger partial charge on any atom is -0.342 e. The quantitative estimate of drug-likeness (QED) is 0.678. The van der Waals surface area contributed by atoms with Crippen molar-refractivity contribution in [2.75, 3.05) is 5.32 Å². The average molecular weight is 357 g/mol. The number of anilines is 1. The smallest absolute Gasteiger partial charge is 0.161 e. The topological polar surface area (TPSA) is 42.0 Å². The number of carbonyl (C=O) groups excluding carboxylic acids is 1. The fourth-order valence-corrected chi connectivity index (χ4v) is 4.05. The van der Waals surface area contributed by atoms with Gasteiger partial charge in [-0.25, -0.2) is 4.98 Å². The molecule has 25 heavy (non-hydrogen) atoms. The Morgan fingerprint density at radius 3 is 2.28 bits per heavy atom. The summed E-state index contributed by atoms with van der Waals surface area (Å²) in [4.78, 5) is 17.8. The molecule has 1 N–H and O–H groups in total. The minimum atomic E-state index is 0.221. The number of fused-ring (bicyclic) bond motifs is 1. The number of hydrogen-bond donors (Lipinski definition) is 1. The Morgan fingerprint density at radius 1 is 1.12 bits per heavy atom. The second-order valence-electron chi connectivity index (χ2n) is 6.06. The van der Waals surface area contributed by atoms with E-state index in [1.165, 1.54) is 4.88 Å². The third-order valence-electron chi connectivity index (χ3n) is 4.53. The molecule has 1 unspecified atom stereocenters. The van der Waals surface area contributed by atoms with Crippen molar-refractivity contribution in [1.82, 2.24) is 4.98 Å². The Kier molecular flexibility index (Phi) is 7.38. The standard InChI is InChI=1S/C13H16N2OS.C6H6.C2H6/c1-3-8-4-9-11(10(16)5-8)7(2)12-13(15-9)14-6-17-12;1-2-4-6-5-3-1;1-2/h6-8,15H,3-5H2,1-2H3;1-6H;1-2H3/t7?,8-;;/m0../s1. The molecule has 2 atom stereocenters. The van der Waals surface area contributed by atoms with E-state index in [-0.39, 0.29) is 5.92 Å². The maximum atomic E-state index is 12.2. The van der Waals surface area contributed by atoms with E-state index in [1.54, 1.807) is 11.3 Å². The lowest BCUT2D eigenvalue weighted by atomic mass is 9.78. The molecule has 0 saturated heterocycles. The zero-order valence-electron chi connectivity index (χ0n) is 15.6. The van der Waals surface area contributed by atoms with E-state index in [1.807, 2.05) is 55.8 Å². The first-order valence-corrected chi connectivity index (χ1v) is 10.0.